The normalized spacial score (nSPS) is 11.5. The van der Waals surface area contributed by atoms with Gasteiger partial charge in [0.25, 0.3) is 11.8 Å². The second-order valence-electron chi connectivity index (χ2n) is 4.91. The molecule has 0 aliphatic heterocycles. The summed E-state index contributed by atoms with van der Waals surface area (Å²) in [6.45, 7) is 0.754. The molecule has 2 amide bonds. The van der Waals surface area contributed by atoms with E-state index in [2.05, 4.69) is 10.6 Å². The number of benzene rings is 1. The number of hydrogen-bond donors (Lipinski definition) is 2. The highest BCUT2D eigenvalue weighted by molar-refractivity contribution is 5.96. The van der Waals surface area contributed by atoms with Crippen LogP contribution in [-0.4, -0.2) is 30.4 Å². The molecule has 132 valence electrons. The largest absolute Gasteiger partial charge is 0.459 e. The van der Waals surface area contributed by atoms with Gasteiger partial charge in [-0.2, -0.15) is 0 Å². The first-order valence-corrected chi connectivity index (χ1v) is 7.14. The number of nitrogens with one attached hydrogen (secondary N) is 2. The van der Waals surface area contributed by atoms with Crippen LogP contribution in [-0.2, 0) is 14.3 Å². The standard InChI is InChI=1S/C16H14F2N2O5/c1-9(15(22)20-12-7-10(17)4-5-11(12)18)25-14(21)8-19-16(23)13-3-2-6-24-13/h2-7,9H,8H2,1H3,(H,19,23)(H,20,22). The summed E-state index contributed by atoms with van der Waals surface area (Å²) in [7, 11) is 0. The van der Waals surface area contributed by atoms with E-state index in [1.807, 2.05) is 0 Å². The molecule has 0 fully saturated rings. The highest BCUT2D eigenvalue weighted by Crippen LogP contribution is 2.15. The summed E-state index contributed by atoms with van der Waals surface area (Å²) < 4.78 is 36.2. The molecular formula is C16H14F2N2O5. The lowest BCUT2D eigenvalue weighted by Gasteiger charge is -2.14. The van der Waals surface area contributed by atoms with Gasteiger partial charge < -0.3 is 19.8 Å². The van der Waals surface area contributed by atoms with Gasteiger partial charge in [-0.15, -0.1) is 0 Å². The highest BCUT2D eigenvalue weighted by Gasteiger charge is 2.20. The van der Waals surface area contributed by atoms with Gasteiger partial charge in [0, 0.05) is 6.07 Å². The van der Waals surface area contributed by atoms with E-state index in [0.717, 1.165) is 18.2 Å². The summed E-state index contributed by atoms with van der Waals surface area (Å²) in [5.74, 6) is -3.92. The Bertz CT molecular complexity index is 777. The Hall–Kier alpha value is -3.23. The number of furan rings is 1. The molecule has 7 nitrogen and oxygen atoms in total. The molecule has 0 aliphatic rings. The number of esters is 1. The summed E-state index contributed by atoms with van der Waals surface area (Å²) in [6.07, 6.45) is 0.0150. The van der Waals surface area contributed by atoms with E-state index < -0.39 is 42.1 Å². The van der Waals surface area contributed by atoms with Crippen molar-refractivity contribution in [2.24, 2.45) is 0 Å². The van der Waals surface area contributed by atoms with Gasteiger partial charge in [-0.05, 0) is 31.2 Å². The van der Waals surface area contributed by atoms with E-state index in [9.17, 15) is 23.2 Å². The SMILES string of the molecule is CC(OC(=O)CNC(=O)c1ccco1)C(=O)Nc1cc(F)ccc1F. The predicted octanol–water partition coefficient (Wildman–Crippen LogP) is 1.86. The second kappa shape index (κ2) is 8.04. The Morgan fingerprint density at radius 1 is 1.24 bits per heavy atom. The fraction of sp³-hybridized carbons (Fsp3) is 0.188. The predicted molar refractivity (Wildman–Crippen MR) is 81.6 cm³/mol. The third-order valence-electron chi connectivity index (χ3n) is 3.00. The molecule has 25 heavy (non-hydrogen) atoms. The van der Waals surface area contributed by atoms with Crippen LogP contribution in [0.2, 0.25) is 0 Å². The van der Waals surface area contributed by atoms with Crippen LogP contribution < -0.4 is 10.6 Å². The van der Waals surface area contributed by atoms with Gasteiger partial charge in [-0.3, -0.25) is 14.4 Å². The van der Waals surface area contributed by atoms with Crippen LogP contribution in [0.5, 0.6) is 0 Å². The molecule has 1 heterocycles. The maximum Gasteiger partial charge on any atom is 0.326 e. The van der Waals surface area contributed by atoms with Gasteiger partial charge >= 0.3 is 5.97 Å². The first-order chi connectivity index (χ1) is 11.9. The Morgan fingerprint density at radius 3 is 2.68 bits per heavy atom. The van der Waals surface area contributed by atoms with Crippen LogP contribution in [0.3, 0.4) is 0 Å². The third-order valence-corrected chi connectivity index (χ3v) is 3.00. The molecule has 2 rings (SSSR count). The molecule has 1 aromatic carbocycles. The van der Waals surface area contributed by atoms with Crippen LogP contribution in [0.15, 0.2) is 41.0 Å². The number of amides is 2. The van der Waals surface area contributed by atoms with Gasteiger partial charge in [0.05, 0.1) is 12.0 Å². The van der Waals surface area contributed by atoms with Crippen molar-refractivity contribution in [1.29, 1.82) is 0 Å². The summed E-state index contributed by atoms with van der Waals surface area (Å²) in [4.78, 5) is 35.1. The summed E-state index contributed by atoms with van der Waals surface area (Å²) in [5.41, 5.74) is -0.376. The molecule has 1 atom stereocenters. The van der Waals surface area contributed by atoms with E-state index in [1.165, 1.54) is 25.3 Å². The molecule has 2 N–H and O–H groups in total. The van der Waals surface area contributed by atoms with Crippen molar-refractivity contribution >= 4 is 23.5 Å². The van der Waals surface area contributed by atoms with Crippen LogP contribution >= 0.6 is 0 Å². The quantitative estimate of drug-likeness (QED) is 0.774. The summed E-state index contributed by atoms with van der Waals surface area (Å²) >= 11 is 0. The van der Waals surface area contributed by atoms with Gasteiger partial charge in [-0.1, -0.05) is 0 Å². The zero-order chi connectivity index (χ0) is 18.4. The van der Waals surface area contributed by atoms with E-state index in [1.54, 1.807) is 0 Å². The molecule has 9 heteroatoms. The lowest BCUT2D eigenvalue weighted by molar-refractivity contribution is -0.152. The van der Waals surface area contributed by atoms with Crippen molar-refractivity contribution in [3.05, 3.63) is 54.0 Å². The lowest BCUT2D eigenvalue weighted by atomic mass is 10.2. The number of carbonyl (C=O) groups excluding carboxylic acids is 3. The molecule has 0 aliphatic carbocycles. The molecule has 0 radical (unpaired) electrons. The van der Waals surface area contributed by atoms with Crippen molar-refractivity contribution in [2.75, 3.05) is 11.9 Å². The third kappa shape index (κ3) is 5.13. The monoisotopic (exact) mass is 352 g/mol. The number of anilines is 1. The van der Waals surface area contributed by atoms with Crippen molar-refractivity contribution < 1.29 is 32.3 Å². The lowest BCUT2D eigenvalue weighted by Crippen LogP contribution is -2.35. The fourth-order valence-electron chi connectivity index (χ4n) is 1.77. The highest BCUT2D eigenvalue weighted by atomic mass is 19.1. The van der Waals surface area contributed by atoms with Crippen molar-refractivity contribution in [1.82, 2.24) is 5.32 Å². The number of carbonyl (C=O) groups is 3. The molecule has 0 bridgehead atoms. The van der Waals surface area contributed by atoms with Gasteiger partial charge in [0.2, 0.25) is 0 Å². The van der Waals surface area contributed by atoms with E-state index in [4.69, 9.17) is 9.15 Å². The maximum absolute atomic E-state index is 13.5. The zero-order valence-electron chi connectivity index (χ0n) is 13.0. The molecule has 1 aromatic heterocycles. The average molecular weight is 352 g/mol. The summed E-state index contributed by atoms with van der Waals surface area (Å²) in [6, 6.07) is 5.46. The fourth-order valence-corrected chi connectivity index (χ4v) is 1.77. The molecule has 1 unspecified atom stereocenters. The topological polar surface area (TPSA) is 97.6 Å². The number of ether oxygens (including phenoxy) is 1. The number of hydrogen-bond acceptors (Lipinski definition) is 5. The minimum absolute atomic E-state index is 0.0140. The van der Waals surface area contributed by atoms with Crippen LogP contribution in [0, 0.1) is 11.6 Å². The number of halogens is 2. The zero-order valence-corrected chi connectivity index (χ0v) is 13.0. The van der Waals surface area contributed by atoms with Crippen molar-refractivity contribution in [3.63, 3.8) is 0 Å². The first-order valence-electron chi connectivity index (χ1n) is 7.14. The van der Waals surface area contributed by atoms with E-state index >= 15 is 0 Å². The first kappa shape index (κ1) is 18.1. The second-order valence-corrected chi connectivity index (χ2v) is 4.91. The minimum atomic E-state index is -1.28. The summed E-state index contributed by atoms with van der Waals surface area (Å²) in [5, 5.41) is 4.36. The Labute approximate surface area is 141 Å². The Balaban J connectivity index is 1.82. The van der Waals surface area contributed by atoms with Crippen molar-refractivity contribution in [3.8, 4) is 0 Å². The maximum atomic E-state index is 13.5. The van der Waals surface area contributed by atoms with Crippen LogP contribution in [0.4, 0.5) is 14.5 Å². The van der Waals surface area contributed by atoms with Gasteiger partial charge in [0.1, 0.15) is 18.2 Å². The van der Waals surface area contributed by atoms with E-state index in [0.29, 0.717) is 0 Å². The molecular weight excluding hydrogens is 338 g/mol. The molecule has 0 spiro atoms. The molecule has 0 saturated carbocycles. The van der Waals surface area contributed by atoms with Crippen LogP contribution in [0.25, 0.3) is 0 Å². The van der Waals surface area contributed by atoms with Gasteiger partial charge in [0.15, 0.2) is 11.9 Å². The minimum Gasteiger partial charge on any atom is -0.459 e. The molecule has 0 saturated heterocycles. The smallest absolute Gasteiger partial charge is 0.326 e. The molecule has 2 aromatic rings. The van der Waals surface area contributed by atoms with Crippen LogP contribution in [0.1, 0.15) is 17.5 Å². The van der Waals surface area contributed by atoms with Gasteiger partial charge in [-0.25, -0.2) is 8.78 Å². The van der Waals surface area contributed by atoms with Crippen molar-refractivity contribution in [2.45, 2.75) is 13.0 Å². The Morgan fingerprint density at radius 2 is 2.00 bits per heavy atom. The van der Waals surface area contributed by atoms with E-state index in [-0.39, 0.29) is 11.4 Å². The Kier molecular flexibility index (Phi) is 5.83. The number of rotatable bonds is 6. The average Bonchev–Trinajstić information content (AvgIpc) is 3.10.